The first-order chi connectivity index (χ1) is 7.18. The molecule has 2 rings (SSSR count). The van der Waals surface area contributed by atoms with Crippen LogP contribution in [0.25, 0.3) is 0 Å². The highest BCUT2D eigenvalue weighted by Crippen LogP contribution is 2.61. The van der Waals surface area contributed by atoms with Crippen LogP contribution in [0, 0.1) is 17.3 Å². The van der Waals surface area contributed by atoms with Crippen LogP contribution in [-0.2, 0) is 9.53 Å². The maximum Gasteiger partial charge on any atom is 0.309 e. The number of aliphatic carboxylic acids is 1. The van der Waals surface area contributed by atoms with Gasteiger partial charge in [-0.25, -0.2) is 0 Å². The number of rotatable bonds is 6. The Bertz CT molecular complexity index is 239. The van der Waals surface area contributed by atoms with Crippen molar-refractivity contribution in [2.45, 2.75) is 39.0 Å². The van der Waals surface area contributed by atoms with Gasteiger partial charge in [0.05, 0.1) is 5.41 Å². The molecule has 3 nitrogen and oxygen atoms in total. The van der Waals surface area contributed by atoms with Crippen LogP contribution in [-0.4, -0.2) is 24.3 Å². The molecule has 1 N–H and O–H groups in total. The Labute approximate surface area is 90.8 Å². The Morgan fingerprint density at radius 3 is 2.67 bits per heavy atom. The van der Waals surface area contributed by atoms with Gasteiger partial charge in [0, 0.05) is 13.2 Å². The zero-order valence-corrected chi connectivity index (χ0v) is 9.37. The lowest BCUT2D eigenvalue weighted by Gasteiger charge is -2.25. The third kappa shape index (κ3) is 2.17. The maximum absolute atomic E-state index is 11.3. The van der Waals surface area contributed by atoms with Gasteiger partial charge in [0.1, 0.15) is 0 Å². The first kappa shape index (κ1) is 10.9. The van der Waals surface area contributed by atoms with E-state index in [0.29, 0.717) is 6.61 Å². The molecule has 0 bridgehead atoms. The van der Waals surface area contributed by atoms with Crippen LogP contribution in [0.5, 0.6) is 0 Å². The van der Waals surface area contributed by atoms with Gasteiger partial charge in [-0.3, -0.25) is 4.79 Å². The monoisotopic (exact) mass is 212 g/mol. The topological polar surface area (TPSA) is 46.5 Å². The molecule has 0 spiro atoms. The smallest absolute Gasteiger partial charge is 0.309 e. The Balaban J connectivity index is 1.82. The number of carboxylic acids is 1. The van der Waals surface area contributed by atoms with Crippen molar-refractivity contribution >= 4 is 5.97 Å². The molecule has 2 unspecified atom stereocenters. The molecule has 0 heterocycles. The van der Waals surface area contributed by atoms with E-state index in [1.807, 2.05) is 6.92 Å². The van der Waals surface area contributed by atoms with Gasteiger partial charge in [-0.15, -0.1) is 0 Å². The molecular weight excluding hydrogens is 192 g/mol. The largest absolute Gasteiger partial charge is 0.481 e. The molecule has 0 aliphatic heterocycles. The van der Waals surface area contributed by atoms with Crippen molar-refractivity contribution in [1.82, 2.24) is 0 Å². The van der Waals surface area contributed by atoms with Crippen molar-refractivity contribution in [2.75, 3.05) is 13.2 Å². The summed E-state index contributed by atoms with van der Waals surface area (Å²) >= 11 is 0. The fourth-order valence-corrected chi connectivity index (χ4v) is 3.04. The molecule has 0 radical (unpaired) electrons. The molecule has 0 amide bonds. The zero-order valence-electron chi connectivity index (χ0n) is 9.37. The van der Waals surface area contributed by atoms with Gasteiger partial charge in [0.2, 0.25) is 0 Å². The Kier molecular flexibility index (Phi) is 3.01. The highest BCUT2D eigenvalue weighted by molar-refractivity contribution is 5.75. The Morgan fingerprint density at radius 2 is 2.13 bits per heavy atom. The van der Waals surface area contributed by atoms with Crippen molar-refractivity contribution in [1.29, 1.82) is 0 Å². The second-order valence-electron chi connectivity index (χ2n) is 5.05. The van der Waals surface area contributed by atoms with Crippen LogP contribution < -0.4 is 0 Å². The fourth-order valence-electron chi connectivity index (χ4n) is 3.04. The van der Waals surface area contributed by atoms with Crippen molar-refractivity contribution in [3.63, 3.8) is 0 Å². The lowest BCUT2D eigenvalue weighted by Crippen LogP contribution is -2.29. The van der Waals surface area contributed by atoms with Crippen LogP contribution in [0.3, 0.4) is 0 Å². The molecule has 2 fully saturated rings. The summed E-state index contributed by atoms with van der Waals surface area (Å²) in [7, 11) is 0. The highest BCUT2D eigenvalue weighted by Gasteiger charge is 2.56. The standard InChI is InChI=1S/C12H20O3/c1-2-15-5-3-4-12(11(13)14)7-9-6-10(9)8-12/h9-10H,2-8H2,1H3,(H,13,14). The van der Waals surface area contributed by atoms with Gasteiger partial charge < -0.3 is 9.84 Å². The summed E-state index contributed by atoms with van der Waals surface area (Å²) in [5.74, 6) is 0.882. The SMILES string of the molecule is CCOCCCC1(C(=O)O)CC2CC2C1. The van der Waals surface area contributed by atoms with Crippen molar-refractivity contribution in [2.24, 2.45) is 17.3 Å². The van der Waals surface area contributed by atoms with Gasteiger partial charge in [-0.2, -0.15) is 0 Å². The number of hydrogen-bond donors (Lipinski definition) is 1. The van der Waals surface area contributed by atoms with E-state index < -0.39 is 11.4 Å². The van der Waals surface area contributed by atoms with Gasteiger partial charge in [-0.1, -0.05) is 0 Å². The minimum absolute atomic E-state index is 0.398. The first-order valence-electron chi connectivity index (χ1n) is 5.99. The third-order valence-corrected chi connectivity index (χ3v) is 3.98. The summed E-state index contributed by atoms with van der Waals surface area (Å²) < 4.78 is 5.26. The van der Waals surface area contributed by atoms with E-state index >= 15 is 0 Å². The molecular formula is C12H20O3. The quantitative estimate of drug-likeness (QED) is 0.687. The summed E-state index contributed by atoms with van der Waals surface area (Å²) in [5, 5.41) is 9.32. The second kappa shape index (κ2) is 4.12. The number of carbonyl (C=O) groups is 1. The van der Waals surface area contributed by atoms with Crippen LogP contribution in [0.2, 0.25) is 0 Å². The van der Waals surface area contributed by atoms with E-state index in [0.717, 1.165) is 44.1 Å². The van der Waals surface area contributed by atoms with E-state index in [4.69, 9.17) is 4.74 Å². The van der Waals surface area contributed by atoms with E-state index in [1.54, 1.807) is 0 Å². The molecule has 0 aromatic heterocycles. The van der Waals surface area contributed by atoms with E-state index in [9.17, 15) is 9.90 Å². The summed E-state index contributed by atoms with van der Waals surface area (Å²) in [6.07, 6.45) is 4.80. The van der Waals surface area contributed by atoms with Gasteiger partial charge in [0.15, 0.2) is 0 Å². The van der Waals surface area contributed by atoms with Crippen molar-refractivity contribution in [3.05, 3.63) is 0 Å². The van der Waals surface area contributed by atoms with Crippen LogP contribution in [0.4, 0.5) is 0 Å². The predicted molar refractivity (Wildman–Crippen MR) is 56.6 cm³/mol. The Morgan fingerprint density at radius 1 is 1.47 bits per heavy atom. The maximum atomic E-state index is 11.3. The molecule has 0 aromatic carbocycles. The molecule has 2 saturated carbocycles. The summed E-state index contributed by atoms with van der Waals surface area (Å²) in [5.41, 5.74) is -0.398. The summed E-state index contributed by atoms with van der Waals surface area (Å²) in [6.45, 7) is 3.41. The predicted octanol–water partition coefficient (Wildman–Crippen LogP) is 2.30. The molecule has 2 aliphatic rings. The highest BCUT2D eigenvalue weighted by atomic mass is 16.5. The van der Waals surface area contributed by atoms with E-state index in [2.05, 4.69) is 0 Å². The average molecular weight is 212 g/mol. The number of ether oxygens (including phenoxy) is 1. The normalized spacial score (nSPS) is 37.7. The van der Waals surface area contributed by atoms with E-state index in [-0.39, 0.29) is 0 Å². The molecule has 2 aliphatic carbocycles. The number of fused-ring (bicyclic) bond motifs is 1. The van der Waals surface area contributed by atoms with E-state index in [1.165, 1.54) is 6.42 Å². The zero-order chi connectivity index (χ0) is 10.9. The van der Waals surface area contributed by atoms with Gasteiger partial charge >= 0.3 is 5.97 Å². The molecule has 3 heteroatoms. The lowest BCUT2D eigenvalue weighted by molar-refractivity contribution is -0.150. The average Bonchev–Trinajstić information content (AvgIpc) is 2.82. The molecule has 0 aromatic rings. The van der Waals surface area contributed by atoms with Crippen LogP contribution in [0.15, 0.2) is 0 Å². The first-order valence-corrected chi connectivity index (χ1v) is 5.99. The van der Waals surface area contributed by atoms with Crippen molar-refractivity contribution in [3.8, 4) is 0 Å². The minimum atomic E-state index is -0.578. The fraction of sp³-hybridized carbons (Fsp3) is 0.917. The second-order valence-corrected chi connectivity index (χ2v) is 5.05. The van der Waals surface area contributed by atoms with Crippen LogP contribution >= 0.6 is 0 Å². The van der Waals surface area contributed by atoms with Gasteiger partial charge in [-0.05, 0) is 50.9 Å². The van der Waals surface area contributed by atoms with Crippen LogP contribution in [0.1, 0.15) is 39.0 Å². The number of hydrogen-bond acceptors (Lipinski definition) is 2. The van der Waals surface area contributed by atoms with Crippen molar-refractivity contribution < 1.29 is 14.6 Å². The number of carboxylic acid groups (broad SMARTS) is 1. The van der Waals surface area contributed by atoms with Gasteiger partial charge in [0.25, 0.3) is 0 Å². The summed E-state index contributed by atoms with van der Waals surface area (Å²) in [4.78, 5) is 11.3. The lowest BCUT2D eigenvalue weighted by atomic mass is 9.79. The third-order valence-electron chi connectivity index (χ3n) is 3.98. The molecule has 2 atom stereocenters. The minimum Gasteiger partial charge on any atom is -0.481 e. The molecule has 0 saturated heterocycles. The molecule has 15 heavy (non-hydrogen) atoms. The Hall–Kier alpha value is -0.570. The summed E-state index contributed by atoms with van der Waals surface area (Å²) in [6, 6.07) is 0. The molecule has 86 valence electrons.